The third-order valence-electron chi connectivity index (χ3n) is 4.62. The Morgan fingerprint density at radius 1 is 1.16 bits per heavy atom. The Labute approximate surface area is 175 Å². The van der Waals surface area contributed by atoms with Crippen molar-refractivity contribution in [1.29, 1.82) is 0 Å². The molecule has 6 nitrogen and oxygen atoms in total. The summed E-state index contributed by atoms with van der Waals surface area (Å²) in [6.45, 7) is 0. The summed E-state index contributed by atoms with van der Waals surface area (Å²) in [7, 11) is 1.46. The highest BCUT2D eigenvalue weighted by molar-refractivity contribution is 5.94. The number of carbonyl (C=O) groups is 1. The van der Waals surface area contributed by atoms with Gasteiger partial charge < -0.3 is 10.1 Å². The summed E-state index contributed by atoms with van der Waals surface area (Å²) in [6.07, 6.45) is 0.584. The number of rotatable bonds is 5. The molecule has 0 saturated heterocycles. The van der Waals surface area contributed by atoms with Crippen molar-refractivity contribution in [3.05, 3.63) is 78.2 Å². The maximum absolute atomic E-state index is 12.9. The van der Waals surface area contributed by atoms with Gasteiger partial charge in [-0.1, -0.05) is 18.2 Å². The second-order valence-corrected chi connectivity index (χ2v) is 6.79. The van der Waals surface area contributed by atoms with E-state index in [0.717, 1.165) is 17.7 Å². The lowest BCUT2D eigenvalue weighted by Crippen LogP contribution is -2.15. The zero-order valence-corrected chi connectivity index (χ0v) is 16.3. The van der Waals surface area contributed by atoms with Crippen LogP contribution in [0.15, 0.2) is 67.1 Å². The molecule has 0 radical (unpaired) electrons. The first-order valence-electron chi connectivity index (χ1n) is 9.27. The summed E-state index contributed by atoms with van der Waals surface area (Å²) in [5, 5.41) is 2.72. The maximum atomic E-state index is 12.9. The van der Waals surface area contributed by atoms with Crippen LogP contribution in [-0.4, -0.2) is 27.4 Å². The van der Waals surface area contributed by atoms with Gasteiger partial charge in [-0.2, -0.15) is 13.2 Å². The second-order valence-electron chi connectivity index (χ2n) is 6.79. The van der Waals surface area contributed by atoms with Crippen LogP contribution >= 0.6 is 0 Å². The Kier molecular flexibility index (Phi) is 5.33. The fraction of sp³-hybridized carbons (Fsp3) is 0.136. The van der Waals surface area contributed by atoms with Gasteiger partial charge in [0.15, 0.2) is 0 Å². The summed E-state index contributed by atoms with van der Waals surface area (Å²) >= 11 is 0. The monoisotopic (exact) mass is 426 g/mol. The van der Waals surface area contributed by atoms with E-state index in [2.05, 4.69) is 15.3 Å². The summed E-state index contributed by atoms with van der Waals surface area (Å²) < 4.78 is 45.8. The molecule has 2 heterocycles. The quantitative estimate of drug-likeness (QED) is 0.506. The molecule has 1 N–H and O–H groups in total. The number of aromatic nitrogens is 3. The fourth-order valence-electron chi connectivity index (χ4n) is 3.17. The molecule has 4 aromatic rings. The number of ether oxygens (including phenoxy) is 1. The van der Waals surface area contributed by atoms with Crippen molar-refractivity contribution in [2.24, 2.45) is 0 Å². The molecule has 31 heavy (non-hydrogen) atoms. The molecule has 0 atom stereocenters. The molecule has 0 aliphatic rings. The van der Waals surface area contributed by atoms with Crippen molar-refractivity contribution in [2.45, 2.75) is 12.6 Å². The zero-order valence-electron chi connectivity index (χ0n) is 16.3. The molecule has 4 rings (SSSR count). The molecule has 0 saturated carbocycles. The van der Waals surface area contributed by atoms with Crippen LogP contribution in [0.2, 0.25) is 0 Å². The minimum absolute atomic E-state index is 0.213. The number of anilines is 1. The molecule has 2 aromatic heterocycles. The Morgan fingerprint density at radius 2 is 2.00 bits per heavy atom. The molecule has 2 aromatic carbocycles. The molecule has 9 heteroatoms. The van der Waals surface area contributed by atoms with Crippen LogP contribution < -0.4 is 10.1 Å². The van der Waals surface area contributed by atoms with Gasteiger partial charge >= 0.3 is 6.18 Å². The van der Waals surface area contributed by atoms with E-state index in [0.29, 0.717) is 22.9 Å². The van der Waals surface area contributed by atoms with Crippen molar-refractivity contribution in [3.8, 4) is 17.0 Å². The van der Waals surface area contributed by atoms with Gasteiger partial charge in [-0.3, -0.25) is 9.20 Å². The first-order valence-corrected chi connectivity index (χ1v) is 9.27. The number of hydrogen-bond donors (Lipinski definition) is 1. The summed E-state index contributed by atoms with van der Waals surface area (Å²) in [5.74, 6) is 0.484. The summed E-state index contributed by atoms with van der Waals surface area (Å²) in [4.78, 5) is 21.2. The Hall–Kier alpha value is -3.88. The number of amides is 1. The zero-order chi connectivity index (χ0) is 22.0. The van der Waals surface area contributed by atoms with E-state index in [4.69, 9.17) is 4.74 Å². The average molecular weight is 426 g/mol. The van der Waals surface area contributed by atoms with Gasteiger partial charge in [-0.25, -0.2) is 9.97 Å². The number of nitrogens with one attached hydrogen (secondary N) is 1. The van der Waals surface area contributed by atoms with Crippen LogP contribution in [0.5, 0.6) is 5.75 Å². The Bertz CT molecular complexity index is 1220. The largest absolute Gasteiger partial charge is 0.495 e. The molecule has 0 spiro atoms. The third-order valence-corrected chi connectivity index (χ3v) is 4.62. The van der Waals surface area contributed by atoms with E-state index in [1.54, 1.807) is 41.1 Å². The van der Waals surface area contributed by atoms with Crippen molar-refractivity contribution >= 4 is 17.4 Å². The first kappa shape index (κ1) is 20.4. The predicted octanol–water partition coefficient (Wildman–Crippen LogP) is 4.60. The van der Waals surface area contributed by atoms with Gasteiger partial charge in [0, 0.05) is 24.2 Å². The van der Waals surface area contributed by atoms with Crippen LogP contribution in [-0.2, 0) is 17.4 Å². The van der Waals surface area contributed by atoms with Gasteiger partial charge in [0.05, 0.1) is 30.5 Å². The lowest BCUT2D eigenvalue weighted by atomic mass is 10.1. The number of nitrogens with zero attached hydrogens (tertiary/aromatic N) is 3. The smallest absolute Gasteiger partial charge is 0.416 e. The van der Waals surface area contributed by atoms with E-state index >= 15 is 0 Å². The van der Waals surface area contributed by atoms with Gasteiger partial charge in [-0.15, -0.1) is 0 Å². The van der Waals surface area contributed by atoms with Gasteiger partial charge in [-0.05, 0) is 35.9 Å². The number of methoxy groups -OCH3 is 1. The minimum Gasteiger partial charge on any atom is -0.495 e. The lowest BCUT2D eigenvalue weighted by Gasteiger charge is -2.12. The number of imidazole rings is 1. The van der Waals surface area contributed by atoms with Gasteiger partial charge in [0.1, 0.15) is 5.75 Å². The third kappa shape index (κ3) is 4.50. The molecule has 0 aliphatic heterocycles. The number of halogens is 3. The highest BCUT2D eigenvalue weighted by atomic mass is 19.4. The van der Waals surface area contributed by atoms with Crippen molar-refractivity contribution < 1.29 is 22.7 Å². The summed E-state index contributed by atoms with van der Waals surface area (Å²) in [5.41, 5.74) is 1.23. The first-order chi connectivity index (χ1) is 14.8. The highest BCUT2D eigenvalue weighted by Crippen LogP contribution is 2.31. The molecule has 1 amide bonds. The number of alkyl halides is 3. The second kappa shape index (κ2) is 8.10. The molecule has 0 aliphatic carbocycles. The molecule has 0 fully saturated rings. The summed E-state index contributed by atoms with van der Waals surface area (Å²) in [6, 6.07) is 11.7. The standard InChI is InChI=1S/C22H17F3N4O2/c1-31-19-7-6-15(18-13-29-9-3-8-26-21(29)28-18)12-17(19)27-20(30)11-14-4-2-5-16(10-14)22(23,24)25/h2-10,12-13H,11H2,1H3,(H,27,30). The molecule has 0 bridgehead atoms. The Balaban J connectivity index is 1.57. The highest BCUT2D eigenvalue weighted by Gasteiger charge is 2.30. The van der Waals surface area contributed by atoms with Crippen molar-refractivity contribution in [3.63, 3.8) is 0 Å². The molecule has 158 valence electrons. The predicted molar refractivity (Wildman–Crippen MR) is 109 cm³/mol. The molecular weight excluding hydrogens is 409 g/mol. The van der Waals surface area contributed by atoms with Gasteiger partial charge in [0.2, 0.25) is 11.7 Å². The Morgan fingerprint density at radius 3 is 2.74 bits per heavy atom. The molecule has 0 unspecified atom stereocenters. The van der Waals surface area contributed by atoms with E-state index in [1.807, 2.05) is 6.20 Å². The van der Waals surface area contributed by atoms with Crippen molar-refractivity contribution in [1.82, 2.24) is 14.4 Å². The number of benzene rings is 2. The average Bonchev–Trinajstić information content (AvgIpc) is 3.17. The lowest BCUT2D eigenvalue weighted by molar-refractivity contribution is -0.137. The maximum Gasteiger partial charge on any atom is 0.416 e. The van der Waals surface area contributed by atoms with Crippen LogP contribution in [0.3, 0.4) is 0 Å². The van der Waals surface area contributed by atoms with Crippen LogP contribution in [0.1, 0.15) is 11.1 Å². The van der Waals surface area contributed by atoms with E-state index < -0.39 is 17.6 Å². The normalized spacial score (nSPS) is 11.5. The molecular formula is C22H17F3N4O2. The van der Waals surface area contributed by atoms with Crippen LogP contribution in [0.25, 0.3) is 17.0 Å². The van der Waals surface area contributed by atoms with E-state index in [-0.39, 0.29) is 12.0 Å². The van der Waals surface area contributed by atoms with E-state index in [1.165, 1.54) is 19.2 Å². The van der Waals surface area contributed by atoms with Crippen LogP contribution in [0.4, 0.5) is 18.9 Å². The number of fused-ring (bicyclic) bond motifs is 1. The number of carbonyl (C=O) groups excluding carboxylic acids is 1. The SMILES string of the molecule is COc1ccc(-c2cn3cccnc3n2)cc1NC(=O)Cc1cccc(C(F)(F)F)c1. The van der Waals surface area contributed by atoms with Crippen molar-refractivity contribution in [2.75, 3.05) is 12.4 Å². The van der Waals surface area contributed by atoms with Gasteiger partial charge in [0.25, 0.3) is 0 Å². The minimum atomic E-state index is -4.47. The van der Waals surface area contributed by atoms with Crippen LogP contribution in [0, 0.1) is 0 Å². The van der Waals surface area contributed by atoms with E-state index in [9.17, 15) is 18.0 Å². The number of hydrogen-bond acceptors (Lipinski definition) is 4. The topological polar surface area (TPSA) is 68.5 Å². The fourth-order valence-corrected chi connectivity index (χ4v) is 3.17.